The lowest BCUT2D eigenvalue weighted by atomic mass is 10.1. The molecule has 13 heavy (non-hydrogen) atoms. The van der Waals surface area contributed by atoms with Crippen molar-refractivity contribution >= 4 is 29.0 Å². The molecule has 0 aliphatic heterocycles. The zero-order valence-corrected chi connectivity index (χ0v) is 8.19. The molecule has 0 saturated heterocycles. The number of hydrogen-bond acceptors (Lipinski definition) is 2. The van der Waals surface area contributed by atoms with Gasteiger partial charge < -0.3 is 5.73 Å². The first-order valence-electron chi connectivity index (χ1n) is 3.88. The van der Waals surface area contributed by atoms with Crippen molar-refractivity contribution in [1.29, 1.82) is 0 Å². The second-order valence-electron chi connectivity index (χ2n) is 3.06. The summed E-state index contributed by atoms with van der Waals surface area (Å²) in [7, 11) is 0. The highest BCUT2D eigenvalue weighted by molar-refractivity contribution is 6.43. The van der Waals surface area contributed by atoms with Crippen LogP contribution in [0.3, 0.4) is 0 Å². The predicted octanol–water partition coefficient (Wildman–Crippen LogP) is 2.58. The maximum absolute atomic E-state index is 11.4. The van der Waals surface area contributed by atoms with Crippen molar-refractivity contribution in [3.63, 3.8) is 0 Å². The minimum atomic E-state index is -0.298. The number of Topliss-reactive ketones (excluding diaryl/α,β-unsaturated/α-hetero) is 1. The minimum absolute atomic E-state index is 0.0427. The summed E-state index contributed by atoms with van der Waals surface area (Å²) in [5.41, 5.74) is 7.05. The summed E-state index contributed by atoms with van der Waals surface area (Å²) in [5.74, 6) is 0.0427. The Morgan fingerprint density at radius 3 is 2.77 bits per heavy atom. The summed E-state index contributed by atoms with van der Waals surface area (Å²) >= 11 is 11.7. The van der Waals surface area contributed by atoms with Crippen LogP contribution in [0.15, 0.2) is 12.1 Å². The Hall–Kier alpha value is -0.570. The van der Waals surface area contributed by atoms with Gasteiger partial charge in [-0.05, 0) is 12.1 Å². The van der Waals surface area contributed by atoms with E-state index in [0.29, 0.717) is 27.6 Å². The van der Waals surface area contributed by atoms with E-state index in [0.717, 1.165) is 0 Å². The number of carbonyl (C=O) groups excluding carboxylic acids is 1. The fourth-order valence-electron chi connectivity index (χ4n) is 1.58. The van der Waals surface area contributed by atoms with Gasteiger partial charge in [0.05, 0.1) is 10.0 Å². The van der Waals surface area contributed by atoms with Crippen molar-refractivity contribution in [3.8, 4) is 0 Å². The number of benzene rings is 1. The van der Waals surface area contributed by atoms with Gasteiger partial charge in [0.25, 0.3) is 0 Å². The third kappa shape index (κ3) is 1.26. The molecule has 0 radical (unpaired) electrons. The number of hydrogen-bond donors (Lipinski definition) is 1. The molecule has 1 aliphatic carbocycles. The van der Waals surface area contributed by atoms with Crippen LogP contribution < -0.4 is 5.73 Å². The molecule has 0 saturated carbocycles. The Kier molecular flexibility index (Phi) is 2.06. The summed E-state index contributed by atoms with van der Waals surface area (Å²) in [6, 6.07) is 3.01. The van der Waals surface area contributed by atoms with Crippen LogP contribution in [0.5, 0.6) is 0 Å². The van der Waals surface area contributed by atoms with Crippen molar-refractivity contribution in [2.24, 2.45) is 5.73 Å². The molecule has 68 valence electrons. The average molecular weight is 216 g/mol. The van der Waals surface area contributed by atoms with Crippen molar-refractivity contribution in [1.82, 2.24) is 0 Å². The molecule has 1 aromatic rings. The van der Waals surface area contributed by atoms with Crippen molar-refractivity contribution in [2.75, 3.05) is 0 Å². The number of rotatable bonds is 0. The van der Waals surface area contributed by atoms with Crippen LogP contribution in [0.2, 0.25) is 10.0 Å². The second-order valence-corrected chi connectivity index (χ2v) is 3.84. The Morgan fingerprint density at radius 1 is 1.38 bits per heavy atom. The predicted molar refractivity (Wildman–Crippen MR) is 52.3 cm³/mol. The van der Waals surface area contributed by atoms with Gasteiger partial charge in [-0.3, -0.25) is 4.79 Å². The summed E-state index contributed by atoms with van der Waals surface area (Å²) in [6.07, 6.45) is 0.329. The molecular formula is C9H7Cl2NO. The maximum atomic E-state index is 11.4. The lowest BCUT2D eigenvalue weighted by molar-refractivity contribution is 0.0989. The Balaban J connectivity index is 2.70. The maximum Gasteiger partial charge on any atom is 0.165 e. The van der Waals surface area contributed by atoms with E-state index < -0.39 is 0 Å². The van der Waals surface area contributed by atoms with Gasteiger partial charge in [0.15, 0.2) is 5.78 Å². The van der Waals surface area contributed by atoms with Crippen LogP contribution in [0.1, 0.15) is 28.4 Å². The van der Waals surface area contributed by atoms with E-state index in [-0.39, 0.29) is 11.8 Å². The van der Waals surface area contributed by atoms with Crippen LogP contribution in [-0.4, -0.2) is 5.78 Å². The van der Waals surface area contributed by atoms with Crippen molar-refractivity contribution in [2.45, 2.75) is 12.5 Å². The van der Waals surface area contributed by atoms with E-state index in [1.807, 2.05) is 0 Å². The fourth-order valence-corrected chi connectivity index (χ4v) is 2.05. The van der Waals surface area contributed by atoms with Crippen molar-refractivity contribution in [3.05, 3.63) is 33.3 Å². The van der Waals surface area contributed by atoms with E-state index in [2.05, 4.69) is 0 Å². The summed E-state index contributed by atoms with van der Waals surface area (Å²) < 4.78 is 0. The summed E-state index contributed by atoms with van der Waals surface area (Å²) in [4.78, 5) is 11.4. The van der Waals surface area contributed by atoms with Gasteiger partial charge in [-0.15, -0.1) is 0 Å². The highest BCUT2D eigenvalue weighted by Gasteiger charge is 2.29. The molecule has 1 aliphatic rings. The normalized spacial score (nSPS) is 20.5. The van der Waals surface area contributed by atoms with Gasteiger partial charge in [0.1, 0.15) is 0 Å². The Labute approximate surface area is 85.6 Å². The molecule has 2 nitrogen and oxygen atoms in total. The molecule has 1 aromatic carbocycles. The van der Waals surface area contributed by atoms with E-state index in [1.54, 1.807) is 12.1 Å². The highest BCUT2D eigenvalue weighted by Crippen LogP contribution is 2.38. The highest BCUT2D eigenvalue weighted by atomic mass is 35.5. The van der Waals surface area contributed by atoms with Gasteiger partial charge in [-0.25, -0.2) is 0 Å². The van der Waals surface area contributed by atoms with Gasteiger partial charge in [-0.2, -0.15) is 0 Å². The van der Waals surface area contributed by atoms with Gasteiger partial charge in [0, 0.05) is 23.6 Å². The molecule has 1 atom stereocenters. The molecule has 2 N–H and O–H groups in total. The molecule has 0 spiro atoms. The summed E-state index contributed by atoms with van der Waals surface area (Å²) in [5, 5.41) is 0.864. The van der Waals surface area contributed by atoms with Crippen LogP contribution in [0.4, 0.5) is 0 Å². The minimum Gasteiger partial charge on any atom is -0.324 e. The monoisotopic (exact) mass is 215 g/mol. The van der Waals surface area contributed by atoms with E-state index in [1.165, 1.54) is 0 Å². The molecule has 0 heterocycles. The summed E-state index contributed by atoms with van der Waals surface area (Å²) in [6.45, 7) is 0. The Morgan fingerprint density at radius 2 is 2.08 bits per heavy atom. The molecule has 0 aromatic heterocycles. The van der Waals surface area contributed by atoms with E-state index in [9.17, 15) is 4.79 Å². The fraction of sp³-hybridized carbons (Fsp3) is 0.222. The molecule has 2 rings (SSSR count). The molecule has 0 fully saturated rings. The van der Waals surface area contributed by atoms with E-state index >= 15 is 0 Å². The second kappa shape index (κ2) is 2.98. The average Bonchev–Trinajstić information content (AvgIpc) is 2.35. The first kappa shape index (κ1) is 9.00. The van der Waals surface area contributed by atoms with Crippen LogP contribution in [0, 0.1) is 0 Å². The topological polar surface area (TPSA) is 43.1 Å². The molecule has 0 bridgehead atoms. The number of halogens is 2. The van der Waals surface area contributed by atoms with Crippen molar-refractivity contribution < 1.29 is 4.79 Å². The quantitative estimate of drug-likeness (QED) is 0.724. The number of ketones is 1. The van der Waals surface area contributed by atoms with Gasteiger partial charge in [-0.1, -0.05) is 23.2 Å². The van der Waals surface area contributed by atoms with Crippen LogP contribution in [-0.2, 0) is 0 Å². The molecular weight excluding hydrogens is 209 g/mol. The third-order valence-corrected chi connectivity index (χ3v) is 3.03. The SMILES string of the molecule is NC1CC(=O)c2ccc(Cl)c(Cl)c21. The number of nitrogens with two attached hydrogens (primary N) is 1. The zero-order chi connectivity index (χ0) is 9.59. The molecule has 0 amide bonds. The zero-order valence-electron chi connectivity index (χ0n) is 6.68. The van der Waals surface area contributed by atoms with Crippen LogP contribution in [0.25, 0.3) is 0 Å². The van der Waals surface area contributed by atoms with Gasteiger partial charge in [0.2, 0.25) is 0 Å². The first-order chi connectivity index (χ1) is 6.11. The smallest absolute Gasteiger partial charge is 0.165 e. The molecule has 1 unspecified atom stereocenters. The Bertz CT molecular complexity index is 389. The largest absolute Gasteiger partial charge is 0.324 e. The number of fused-ring (bicyclic) bond motifs is 1. The van der Waals surface area contributed by atoms with Gasteiger partial charge >= 0.3 is 0 Å². The van der Waals surface area contributed by atoms with E-state index in [4.69, 9.17) is 28.9 Å². The first-order valence-corrected chi connectivity index (χ1v) is 4.63. The third-order valence-electron chi connectivity index (χ3n) is 2.21. The lowest BCUT2D eigenvalue weighted by Crippen LogP contribution is -2.06. The number of carbonyl (C=O) groups is 1. The van der Waals surface area contributed by atoms with Crippen LogP contribution >= 0.6 is 23.2 Å². The molecule has 4 heteroatoms. The standard InChI is InChI=1S/C9H7Cl2NO/c10-5-2-1-4-7(13)3-6(12)8(4)9(5)11/h1-2,6H,3,12H2. The lowest BCUT2D eigenvalue weighted by Gasteiger charge is -2.06.